The number of nitrogens with zero attached hydrogens (tertiary/aromatic N) is 1. The van der Waals surface area contributed by atoms with Crippen molar-refractivity contribution in [1.29, 1.82) is 0 Å². The highest BCUT2D eigenvalue weighted by molar-refractivity contribution is 6.02. The summed E-state index contributed by atoms with van der Waals surface area (Å²) >= 11 is 0. The number of likely N-dealkylation sites (N-methyl/N-ethyl adjacent to an activating group) is 1. The molecule has 0 radical (unpaired) electrons. The Bertz CT molecular complexity index is 663. The van der Waals surface area contributed by atoms with Gasteiger partial charge in [-0.3, -0.25) is 4.79 Å². The molecule has 0 heterocycles. The Morgan fingerprint density at radius 1 is 1.00 bits per heavy atom. The first-order chi connectivity index (χ1) is 12.2. The van der Waals surface area contributed by atoms with Crippen LogP contribution >= 0.6 is 0 Å². The van der Waals surface area contributed by atoms with Gasteiger partial charge in [0.05, 0.1) is 0 Å². The van der Waals surface area contributed by atoms with E-state index in [1.165, 1.54) is 0 Å². The molecule has 0 aliphatic heterocycles. The van der Waals surface area contributed by atoms with Gasteiger partial charge in [-0.2, -0.15) is 0 Å². The summed E-state index contributed by atoms with van der Waals surface area (Å²) in [5.41, 5.74) is 2.79. The van der Waals surface area contributed by atoms with E-state index in [4.69, 9.17) is 4.74 Å². The summed E-state index contributed by atoms with van der Waals surface area (Å²) in [4.78, 5) is 14.8. The summed E-state index contributed by atoms with van der Waals surface area (Å²) in [6.07, 6.45) is 1.43. The van der Waals surface area contributed by atoms with E-state index in [2.05, 4.69) is 18.7 Å². The molecule has 3 nitrogen and oxygen atoms in total. The van der Waals surface area contributed by atoms with E-state index in [9.17, 15) is 4.79 Å². The van der Waals surface area contributed by atoms with Crippen LogP contribution in [0.2, 0.25) is 0 Å². The van der Waals surface area contributed by atoms with Crippen molar-refractivity contribution in [3.05, 3.63) is 54.1 Å². The molecule has 0 spiro atoms. The molecule has 0 saturated carbocycles. The van der Waals surface area contributed by atoms with Crippen molar-refractivity contribution >= 4 is 5.78 Å². The maximum absolute atomic E-state index is 12.5. The molecule has 0 saturated heterocycles. The third-order valence-corrected chi connectivity index (χ3v) is 4.42. The fourth-order valence-corrected chi connectivity index (χ4v) is 2.91. The van der Waals surface area contributed by atoms with Crippen molar-refractivity contribution in [3.8, 4) is 16.9 Å². The number of benzene rings is 2. The fraction of sp³-hybridized carbons (Fsp3) is 0.409. The molecule has 0 aliphatic rings. The van der Waals surface area contributed by atoms with Crippen molar-refractivity contribution < 1.29 is 9.53 Å². The molecule has 0 aliphatic carbocycles. The zero-order valence-electron chi connectivity index (χ0n) is 15.6. The van der Waals surface area contributed by atoms with Gasteiger partial charge in [-0.1, -0.05) is 51.1 Å². The number of carbonyl (C=O) groups excluding carboxylic acids is 1. The van der Waals surface area contributed by atoms with E-state index in [1.807, 2.05) is 55.5 Å². The minimum atomic E-state index is 0.191. The number of carbonyl (C=O) groups is 1. The predicted octanol–water partition coefficient (Wildman–Crippen LogP) is 5.06. The SMILES string of the molecule is CCCC(=O)c1ccc(OCCN(CC)CC)cc1-c1ccccc1. The lowest BCUT2D eigenvalue weighted by Crippen LogP contribution is -2.27. The van der Waals surface area contributed by atoms with Crippen LogP contribution in [0.3, 0.4) is 0 Å². The van der Waals surface area contributed by atoms with Gasteiger partial charge in [0.15, 0.2) is 5.78 Å². The topological polar surface area (TPSA) is 29.5 Å². The lowest BCUT2D eigenvalue weighted by Gasteiger charge is -2.18. The smallest absolute Gasteiger partial charge is 0.163 e. The quantitative estimate of drug-likeness (QED) is 0.567. The zero-order chi connectivity index (χ0) is 18.1. The molecule has 0 amide bonds. The molecule has 2 aromatic rings. The molecule has 0 bridgehead atoms. The van der Waals surface area contributed by atoms with Crippen LogP contribution in [0.4, 0.5) is 0 Å². The Hall–Kier alpha value is -2.13. The second kappa shape index (κ2) is 10.00. The normalized spacial score (nSPS) is 10.9. The summed E-state index contributed by atoms with van der Waals surface area (Å²) < 4.78 is 5.94. The van der Waals surface area contributed by atoms with E-state index >= 15 is 0 Å². The summed E-state index contributed by atoms with van der Waals surface area (Å²) in [5.74, 6) is 1.01. The van der Waals surface area contributed by atoms with E-state index in [0.29, 0.717) is 13.0 Å². The molecule has 0 unspecified atom stereocenters. The maximum Gasteiger partial charge on any atom is 0.163 e. The van der Waals surface area contributed by atoms with Gasteiger partial charge in [0.2, 0.25) is 0 Å². The number of hydrogen-bond acceptors (Lipinski definition) is 3. The van der Waals surface area contributed by atoms with Gasteiger partial charge in [0.25, 0.3) is 0 Å². The minimum absolute atomic E-state index is 0.191. The van der Waals surface area contributed by atoms with Crippen LogP contribution in [0.5, 0.6) is 5.75 Å². The molecule has 0 fully saturated rings. The van der Waals surface area contributed by atoms with Crippen molar-refractivity contribution in [1.82, 2.24) is 4.90 Å². The van der Waals surface area contributed by atoms with Crippen LogP contribution < -0.4 is 4.74 Å². The Kier molecular flexibility index (Phi) is 7.68. The molecule has 0 atom stereocenters. The highest BCUT2D eigenvalue weighted by Gasteiger charge is 2.13. The van der Waals surface area contributed by atoms with Gasteiger partial charge in [0.1, 0.15) is 12.4 Å². The molecule has 2 aromatic carbocycles. The predicted molar refractivity (Wildman–Crippen MR) is 104 cm³/mol. The van der Waals surface area contributed by atoms with Gasteiger partial charge in [-0.05, 0) is 48.8 Å². The molecule has 0 N–H and O–H groups in total. The van der Waals surface area contributed by atoms with E-state index in [-0.39, 0.29) is 5.78 Å². The highest BCUT2D eigenvalue weighted by Crippen LogP contribution is 2.29. The van der Waals surface area contributed by atoms with Crippen LogP contribution in [-0.2, 0) is 0 Å². The number of ketones is 1. The van der Waals surface area contributed by atoms with Gasteiger partial charge >= 0.3 is 0 Å². The van der Waals surface area contributed by atoms with Gasteiger partial charge in [-0.15, -0.1) is 0 Å². The van der Waals surface area contributed by atoms with Gasteiger partial charge in [0, 0.05) is 18.5 Å². The second-order valence-electron chi connectivity index (χ2n) is 6.12. The number of Topliss-reactive ketones (excluding diaryl/α,β-unsaturated/α-hetero) is 1. The summed E-state index contributed by atoms with van der Waals surface area (Å²) in [6, 6.07) is 15.9. The monoisotopic (exact) mass is 339 g/mol. The van der Waals surface area contributed by atoms with E-state index < -0.39 is 0 Å². The Morgan fingerprint density at radius 2 is 1.72 bits per heavy atom. The van der Waals surface area contributed by atoms with E-state index in [0.717, 1.165) is 48.5 Å². The first kappa shape index (κ1) is 19.2. The average molecular weight is 339 g/mol. The number of ether oxygens (including phenoxy) is 1. The minimum Gasteiger partial charge on any atom is -0.492 e. The molecule has 2 rings (SSSR count). The third kappa shape index (κ3) is 5.43. The Labute approximate surface area is 151 Å². The first-order valence-electron chi connectivity index (χ1n) is 9.27. The molecule has 0 aromatic heterocycles. The van der Waals surface area contributed by atoms with Crippen LogP contribution in [-0.4, -0.2) is 36.9 Å². The largest absolute Gasteiger partial charge is 0.492 e. The standard InChI is InChI=1S/C22H29NO2/c1-4-10-22(24)20-14-13-19(25-16-15-23(5-2)6-3)17-21(20)18-11-8-7-9-12-18/h7-9,11-14,17H,4-6,10,15-16H2,1-3H3. The lowest BCUT2D eigenvalue weighted by atomic mass is 9.95. The van der Waals surface area contributed by atoms with Gasteiger partial charge < -0.3 is 9.64 Å². The Balaban J connectivity index is 2.22. The first-order valence-corrected chi connectivity index (χ1v) is 9.27. The fourth-order valence-electron chi connectivity index (χ4n) is 2.91. The van der Waals surface area contributed by atoms with Crippen molar-refractivity contribution in [2.45, 2.75) is 33.6 Å². The van der Waals surface area contributed by atoms with Gasteiger partial charge in [-0.25, -0.2) is 0 Å². The van der Waals surface area contributed by atoms with Crippen LogP contribution in [0.1, 0.15) is 44.0 Å². The number of hydrogen-bond donors (Lipinski definition) is 0. The summed E-state index contributed by atoms with van der Waals surface area (Å²) in [6.45, 7) is 9.96. The zero-order valence-corrected chi connectivity index (χ0v) is 15.6. The summed E-state index contributed by atoms with van der Waals surface area (Å²) in [5, 5.41) is 0. The number of rotatable bonds is 10. The van der Waals surface area contributed by atoms with Crippen molar-refractivity contribution in [2.24, 2.45) is 0 Å². The highest BCUT2D eigenvalue weighted by atomic mass is 16.5. The molecule has 25 heavy (non-hydrogen) atoms. The third-order valence-electron chi connectivity index (χ3n) is 4.42. The second-order valence-corrected chi connectivity index (χ2v) is 6.12. The summed E-state index contributed by atoms with van der Waals surface area (Å²) in [7, 11) is 0. The van der Waals surface area contributed by atoms with Crippen molar-refractivity contribution in [2.75, 3.05) is 26.2 Å². The molecule has 134 valence electrons. The van der Waals surface area contributed by atoms with E-state index in [1.54, 1.807) is 0 Å². The van der Waals surface area contributed by atoms with Crippen LogP contribution in [0, 0.1) is 0 Å². The van der Waals surface area contributed by atoms with Crippen LogP contribution in [0.25, 0.3) is 11.1 Å². The molecular weight excluding hydrogens is 310 g/mol. The van der Waals surface area contributed by atoms with Crippen molar-refractivity contribution in [3.63, 3.8) is 0 Å². The lowest BCUT2D eigenvalue weighted by molar-refractivity contribution is 0.0982. The maximum atomic E-state index is 12.5. The molecule has 3 heteroatoms. The molecular formula is C22H29NO2. The van der Waals surface area contributed by atoms with Crippen LogP contribution in [0.15, 0.2) is 48.5 Å². The average Bonchev–Trinajstić information content (AvgIpc) is 2.66. The Morgan fingerprint density at radius 3 is 2.36 bits per heavy atom.